The van der Waals surface area contributed by atoms with Gasteiger partial charge in [-0.25, -0.2) is 13.8 Å². The minimum atomic E-state index is -0.638. The van der Waals surface area contributed by atoms with Gasteiger partial charge in [-0.15, -0.1) is 0 Å². The number of hydrogen-bond donors (Lipinski definition) is 2. The summed E-state index contributed by atoms with van der Waals surface area (Å²) in [7, 11) is 0. The van der Waals surface area contributed by atoms with Gasteiger partial charge < -0.3 is 11.1 Å². The van der Waals surface area contributed by atoms with Gasteiger partial charge in [-0.3, -0.25) is 0 Å². The molecule has 0 saturated heterocycles. The number of benzene rings is 1. The molecule has 0 bridgehead atoms. The maximum atomic E-state index is 13.7. The van der Waals surface area contributed by atoms with Crippen molar-refractivity contribution in [1.29, 1.82) is 0 Å². The lowest BCUT2D eigenvalue weighted by Gasteiger charge is -2.17. The van der Waals surface area contributed by atoms with Crippen molar-refractivity contribution < 1.29 is 8.78 Å². The average molecular weight is 299 g/mol. The Morgan fingerprint density at radius 2 is 2.00 bits per heavy atom. The maximum absolute atomic E-state index is 13.7. The number of aromatic nitrogens is 2. The van der Waals surface area contributed by atoms with Gasteiger partial charge in [-0.05, 0) is 31.5 Å². The summed E-state index contributed by atoms with van der Waals surface area (Å²) < 4.78 is 26.6. The summed E-state index contributed by atoms with van der Waals surface area (Å²) in [5, 5.41) is 2.99. The number of hydrogen-bond acceptors (Lipinski definition) is 4. The quantitative estimate of drug-likeness (QED) is 0.852. The number of nitrogen functional groups attached to an aromatic ring is 1. The van der Waals surface area contributed by atoms with Gasteiger partial charge in [0.15, 0.2) is 5.82 Å². The first-order valence-electron chi connectivity index (χ1n) is 5.89. The number of rotatable bonds is 3. The minimum Gasteiger partial charge on any atom is -0.394 e. The first kappa shape index (κ1) is 14.5. The molecule has 1 aromatic carbocycles. The van der Waals surface area contributed by atoms with Gasteiger partial charge >= 0.3 is 0 Å². The molecule has 1 heterocycles. The zero-order valence-electron chi connectivity index (χ0n) is 10.9. The highest BCUT2D eigenvalue weighted by Gasteiger charge is 2.15. The number of nitrogens with two attached hydrogens (primary N) is 1. The van der Waals surface area contributed by atoms with Gasteiger partial charge in [0.1, 0.15) is 11.6 Å². The third kappa shape index (κ3) is 2.96. The van der Waals surface area contributed by atoms with Crippen molar-refractivity contribution in [3.63, 3.8) is 0 Å². The summed E-state index contributed by atoms with van der Waals surface area (Å²) in [5.41, 5.74) is 7.01. The van der Waals surface area contributed by atoms with E-state index >= 15 is 0 Å². The van der Waals surface area contributed by atoms with Crippen LogP contribution in [0.15, 0.2) is 18.2 Å². The van der Waals surface area contributed by atoms with Gasteiger partial charge in [0.2, 0.25) is 5.28 Å². The predicted molar refractivity (Wildman–Crippen MR) is 74.6 cm³/mol. The lowest BCUT2D eigenvalue weighted by atomic mass is 10.1. The van der Waals surface area contributed by atoms with E-state index in [-0.39, 0.29) is 5.28 Å². The van der Waals surface area contributed by atoms with Crippen LogP contribution in [-0.4, -0.2) is 9.97 Å². The molecule has 2 aromatic rings. The van der Waals surface area contributed by atoms with Crippen LogP contribution in [0, 0.1) is 18.6 Å². The van der Waals surface area contributed by atoms with Crippen molar-refractivity contribution in [2.75, 3.05) is 11.1 Å². The van der Waals surface area contributed by atoms with Crippen molar-refractivity contribution in [3.8, 4) is 0 Å². The molecular weight excluding hydrogens is 286 g/mol. The standard InChI is InChI=1S/C13H13ClF2N4/c1-6(9-4-3-8(15)5-10(9)16)18-12-11(17)7(2)19-13(14)20-12/h3-6H,17H2,1-2H3,(H,18,19,20)/t6-/m1/s1. The Balaban J connectivity index is 2.30. The average Bonchev–Trinajstić information content (AvgIpc) is 2.35. The second kappa shape index (κ2) is 5.58. The van der Waals surface area contributed by atoms with Crippen LogP contribution in [0.5, 0.6) is 0 Å². The molecule has 0 aliphatic rings. The number of halogens is 3. The van der Waals surface area contributed by atoms with Crippen molar-refractivity contribution in [2.45, 2.75) is 19.9 Å². The lowest BCUT2D eigenvalue weighted by molar-refractivity contribution is 0.566. The van der Waals surface area contributed by atoms with Crippen LogP contribution in [0.3, 0.4) is 0 Å². The SMILES string of the molecule is Cc1nc(Cl)nc(N[C@H](C)c2ccc(F)cc2F)c1N. The Labute approximate surface area is 120 Å². The van der Waals surface area contributed by atoms with Crippen LogP contribution in [0.25, 0.3) is 0 Å². The third-order valence-corrected chi connectivity index (χ3v) is 3.06. The fraction of sp³-hybridized carbons (Fsp3) is 0.231. The molecule has 0 spiro atoms. The van der Waals surface area contributed by atoms with Crippen molar-refractivity contribution >= 4 is 23.1 Å². The minimum absolute atomic E-state index is 0.0472. The molecule has 0 aliphatic carbocycles. The van der Waals surface area contributed by atoms with E-state index in [1.165, 1.54) is 12.1 Å². The zero-order valence-corrected chi connectivity index (χ0v) is 11.7. The molecule has 0 radical (unpaired) electrons. The van der Waals surface area contributed by atoms with Gasteiger partial charge in [-0.2, -0.15) is 4.98 Å². The summed E-state index contributed by atoms with van der Waals surface area (Å²) in [6.45, 7) is 3.40. The van der Waals surface area contributed by atoms with Crippen LogP contribution in [0.4, 0.5) is 20.3 Å². The molecule has 2 rings (SSSR count). The van der Waals surface area contributed by atoms with Crippen molar-refractivity contribution in [1.82, 2.24) is 9.97 Å². The maximum Gasteiger partial charge on any atom is 0.224 e. The molecule has 0 aliphatic heterocycles. The monoisotopic (exact) mass is 298 g/mol. The van der Waals surface area contributed by atoms with E-state index in [0.717, 1.165) is 6.07 Å². The fourth-order valence-electron chi connectivity index (χ4n) is 1.79. The Hall–Kier alpha value is -1.95. The highest BCUT2D eigenvalue weighted by Crippen LogP contribution is 2.26. The van der Waals surface area contributed by atoms with Crippen molar-refractivity contribution in [2.24, 2.45) is 0 Å². The Bertz CT molecular complexity index is 649. The molecule has 0 unspecified atom stereocenters. The molecule has 106 valence electrons. The topological polar surface area (TPSA) is 63.8 Å². The number of nitrogens with one attached hydrogen (secondary N) is 1. The first-order chi connectivity index (χ1) is 9.38. The molecule has 3 N–H and O–H groups in total. The molecule has 1 atom stereocenters. The molecule has 0 amide bonds. The Morgan fingerprint density at radius 3 is 2.65 bits per heavy atom. The van der Waals surface area contributed by atoms with Crippen LogP contribution in [-0.2, 0) is 0 Å². The van der Waals surface area contributed by atoms with Crippen LogP contribution in [0.1, 0.15) is 24.2 Å². The van der Waals surface area contributed by atoms with Gasteiger partial charge in [0.25, 0.3) is 0 Å². The van der Waals surface area contributed by atoms with Gasteiger partial charge in [0, 0.05) is 11.6 Å². The Kier molecular flexibility index (Phi) is 4.04. The molecule has 4 nitrogen and oxygen atoms in total. The van der Waals surface area contributed by atoms with E-state index in [1.807, 2.05) is 0 Å². The summed E-state index contributed by atoms with van der Waals surface area (Å²) >= 11 is 5.76. The molecule has 0 saturated carbocycles. The van der Waals surface area contributed by atoms with E-state index in [2.05, 4.69) is 15.3 Å². The van der Waals surface area contributed by atoms with E-state index in [4.69, 9.17) is 17.3 Å². The van der Waals surface area contributed by atoms with Crippen molar-refractivity contribution in [3.05, 3.63) is 46.4 Å². The van der Waals surface area contributed by atoms with Crippen LogP contribution in [0.2, 0.25) is 5.28 Å². The molecule has 20 heavy (non-hydrogen) atoms. The van der Waals surface area contributed by atoms with Gasteiger partial charge in [0.05, 0.1) is 17.4 Å². The van der Waals surface area contributed by atoms with E-state index in [1.54, 1.807) is 13.8 Å². The lowest BCUT2D eigenvalue weighted by Crippen LogP contribution is -2.13. The van der Waals surface area contributed by atoms with E-state index in [0.29, 0.717) is 22.8 Å². The molecule has 1 aromatic heterocycles. The largest absolute Gasteiger partial charge is 0.394 e. The summed E-state index contributed by atoms with van der Waals surface area (Å²) in [6.07, 6.45) is 0. The number of anilines is 2. The first-order valence-corrected chi connectivity index (χ1v) is 6.27. The van der Waals surface area contributed by atoms with E-state index in [9.17, 15) is 8.78 Å². The highest BCUT2D eigenvalue weighted by molar-refractivity contribution is 6.28. The molecule has 0 fully saturated rings. The zero-order chi connectivity index (χ0) is 14.9. The summed E-state index contributed by atoms with van der Waals surface area (Å²) in [5.74, 6) is -0.946. The van der Waals surface area contributed by atoms with Crippen LogP contribution >= 0.6 is 11.6 Å². The molecule has 7 heteroatoms. The number of aryl methyl sites for hydroxylation is 1. The second-order valence-corrected chi connectivity index (χ2v) is 4.71. The van der Waals surface area contributed by atoms with Gasteiger partial charge in [-0.1, -0.05) is 6.07 Å². The normalized spacial score (nSPS) is 12.2. The highest BCUT2D eigenvalue weighted by atomic mass is 35.5. The van der Waals surface area contributed by atoms with E-state index < -0.39 is 17.7 Å². The second-order valence-electron chi connectivity index (χ2n) is 4.37. The van der Waals surface area contributed by atoms with Crippen LogP contribution < -0.4 is 11.1 Å². The molecular formula is C13H13ClF2N4. The Morgan fingerprint density at radius 1 is 1.30 bits per heavy atom. The number of nitrogens with zero attached hydrogens (tertiary/aromatic N) is 2. The predicted octanol–water partition coefficient (Wildman–Crippen LogP) is 3.47. The third-order valence-electron chi connectivity index (χ3n) is 2.89. The smallest absolute Gasteiger partial charge is 0.224 e. The summed E-state index contributed by atoms with van der Waals surface area (Å²) in [4.78, 5) is 7.88. The summed E-state index contributed by atoms with van der Waals surface area (Å²) in [6, 6.07) is 2.93. The fourth-order valence-corrected chi connectivity index (χ4v) is 2.00.